The van der Waals surface area contributed by atoms with Crippen LogP contribution in [0.15, 0.2) is 5.38 Å². The second-order valence-corrected chi connectivity index (χ2v) is 3.67. The molecule has 0 radical (unpaired) electrons. The van der Waals surface area contributed by atoms with Gasteiger partial charge in [0.15, 0.2) is 0 Å². The van der Waals surface area contributed by atoms with Gasteiger partial charge in [0.2, 0.25) is 0 Å². The fourth-order valence-corrected chi connectivity index (χ4v) is 1.69. The molecule has 0 spiro atoms. The van der Waals surface area contributed by atoms with Gasteiger partial charge in [-0.1, -0.05) is 0 Å². The van der Waals surface area contributed by atoms with Crippen LogP contribution in [0.1, 0.15) is 16.6 Å². The zero-order valence-electron chi connectivity index (χ0n) is 7.61. The molecule has 0 fully saturated rings. The first kappa shape index (κ1) is 10.1. The smallest absolute Gasteiger partial charge is 0.316 e. The quantitative estimate of drug-likeness (QED) is 0.728. The van der Waals surface area contributed by atoms with E-state index in [0.29, 0.717) is 5.69 Å². The first-order valence-electron chi connectivity index (χ1n) is 3.89. The van der Waals surface area contributed by atoms with Crippen molar-refractivity contribution < 1.29 is 9.53 Å². The maximum Gasteiger partial charge on any atom is 0.316 e. The van der Waals surface area contributed by atoms with Crippen molar-refractivity contribution >= 4 is 17.3 Å². The van der Waals surface area contributed by atoms with E-state index in [0.717, 1.165) is 5.01 Å². The molecule has 5 heteroatoms. The van der Waals surface area contributed by atoms with Gasteiger partial charge in [-0.25, -0.2) is 4.98 Å². The minimum absolute atomic E-state index is 0.232. The Morgan fingerprint density at radius 1 is 1.85 bits per heavy atom. The molecular weight excluding hydrogens is 188 g/mol. The van der Waals surface area contributed by atoms with Crippen LogP contribution in [0.25, 0.3) is 0 Å². The average Bonchev–Trinajstić information content (AvgIpc) is 2.53. The predicted molar refractivity (Wildman–Crippen MR) is 50.7 cm³/mol. The van der Waals surface area contributed by atoms with E-state index in [1.54, 1.807) is 0 Å². The highest BCUT2D eigenvalue weighted by molar-refractivity contribution is 7.09. The molecule has 13 heavy (non-hydrogen) atoms. The molecule has 1 atom stereocenters. The topological polar surface area (TPSA) is 65.2 Å². The Kier molecular flexibility index (Phi) is 3.39. The van der Waals surface area contributed by atoms with E-state index in [-0.39, 0.29) is 12.5 Å². The molecule has 0 bridgehead atoms. The number of ether oxygens (including phenoxy) is 1. The second kappa shape index (κ2) is 4.34. The lowest BCUT2D eigenvalue weighted by Gasteiger charge is -2.08. The summed E-state index contributed by atoms with van der Waals surface area (Å²) in [6, 6.07) is 0. The Bertz CT molecular complexity index is 298. The van der Waals surface area contributed by atoms with E-state index in [1.165, 1.54) is 18.4 Å². The molecule has 1 heterocycles. The summed E-state index contributed by atoms with van der Waals surface area (Å²) >= 11 is 1.50. The maximum atomic E-state index is 11.2. The van der Waals surface area contributed by atoms with Gasteiger partial charge in [-0.3, -0.25) is 4.79 Å². The molecule has 1 aromatic rings. The van der Waals surface area contributed by atoms with Gasteiger partial charge >= 0.3 is 5.97 Å². The third-order valence-electron chi connectivity index (χ3n) is 1.72. The first-order chi connectivity index (χ1) is 6.19. The highest BCUT2D eigenvalue weighted by atomic mass is 32.1. The fourth-order valence-electron chi connectivity index (χ4n) is 1.02. The summed E-state index contributed by atoms with van der Waals surface area (Å²) in [4.78, 5) is 15.4. The molecule has 72 valence electrons. The number of esters is 1. The van der Waals surface area contributed by atoms with E-state index in [2.05, 4.69) is 9.72 Å². The van der Waals surface area contributed by atoms with E-state index < -0.39 is 5.92 Å². The lowest BCUT2D eigenvalue weighted by Crippen LogP contribution is -2.23. The summed E-state index contributed by atoms with van der Waals surface area (Å²) in [5.41, 5.74) is 6.16. The molecule has 0 saturated carbocycles. The minimum Gasteiger partial charge on any atom is -0.468 e. The van der Waals surface area contributed by atoms with Crippen LogP contribution in [-0.4, -0.2) is 24.6 Å². The number of rotatable bonds is 3. The number of carbonyl (C=O) groups excluding carboxylic acids is 1. The van der Waals surface area contributed by atoms with Crippen molar-refractivity contribution in [2.24, 2.45) is 5.73 Å². The summed E-state index contributed by atoms with van der Waals surface area (Å²) < 4.78 is 4.61. The molecule has 0 amide bonds. The normalized spacial score (nSPS) is 12.5. The van der Waals surface area contributed by atoms with Crippen LogP contribution in [-0.2, 0) is 9.53 Å². The van der Waals surface area contributed by atoms with Gasteiger partial charge in [0, 0.05) is 11.9 Å². The van der Waals surface area contributed by atoms with Gasteiger partial charge in [0.05, 0.1) is 17.8 Å². The van der Waals surface area contributed by atoms with Crippen molar-refractivity contribution in [3.8, 4) is 0 Å². The zero-order chi connectivity index (χ0) is 9.84. The highest BCUT2D eigenvalue weighted by Gasteiger charge is 2.21. The van der Waals surface area contributed by atoms with Crippen LogP contribution < -0.4 is 5.73 Å². The molecule has 1 rings (SSSR count). The van der Waals surface area contributed by atoms with Crippen molar-refractivity contribution in [3.63, 3.8) is 0 Å². The molecule has 0 saturated heterocycles. The van der Waals surface area contributed by atoms with Crippen LogP contribution in [0.2, 0.25) is 0 Å². The van der Waals surface area contributed by atoms with Gasteiger partial charge in [0.1, 0.15) is 5.92 Å². The fraction of sp³-hybridized carbons (Fsp3) is 0.500. The van der Waals surface area contributed by atoms with Gasteiger partial charge in [-0.05, 0) is 6.92 Å². The molecule has 0 aliphatic carbocycles. The Hall–Kier alpha value is -0.940. The first-order valence-corrected chi connectivity index (χ1v) is 4.77. The van der Waals surface area contributed by atoms with E-state index in [1.807, 2.05) is 12.3 Å². The lowest BCUT2D eigenvalue weighted by molar-refractivity contribution is -0.142. The lowest BCUT2D eigenvalue weighted by atomic mass is 10.1. The van der Waals surface area contributed by atoms with E-state index >= 15 is 0 Å². The third kappa shape index (κ3) is 2.26. The number of thiazole rings is 1. The van der Waals surface area contributed by atoms with Crippen LogP contribution in [0, 0.1) is 6.92 Å². The SMILES string of the molecule is COC(=O)C(CN)c1csc(C)n1. The molecule has 0 aliphatic heterocycles. The standard InChI is InChI=1S/C8H12N2O2S/c1-5-10-7(4-13-5)6(3-9)8(11)12-2/h4,6H,3,9H2,1-2H3. The second-order valence-electron chi connectivity index (χ2n) is 2.60. The Labute approximate surface area is 80.7 Å². The average molecular weight is 200 g/mol. The van der Waals surface area contributed by atoms with Crippen molar-refractivity contribution in [2.45, 2.75) is 12.8 Å². The summed E-state index contributed by atoms with van der Waals surface area (Å²) in [6.07, 6.45) is 0. The molecule has 2 N–H and O–H groups in total. The summed E-state index contributed by atoms with van der Waals surface area (Å²) in [5.74, 6) is -0.747. The van der Waals surface area contributed by atoms with Crippen LogP contribution in [0.5, 0.6) is 0 Å². The molecule has 1 unspecified atom stereocenters. The van der Waals surface area contributed by atoms with E-state index in [4.69, 9.17) is 5.73 Å². The number of aryl methyl sites for hydroxylation is 1. The Morgan fingerprint density at radius 3 is 2.92 bits per heavy atom. The Balaban J connectivity index is 2.84. The third-order valence-corrected chi connectivity index (χ3v) is 2.51. The van der Waals surface area contributed by atoms with Crippen molar-refractivity contribution in [1.29, 1.82) is 0 Å². The summed E-state index contributed by atoms with van der Waals surface area (Å²) in [7, 11) is 1.35. The number of nitrogens with two attached hydrogens (primary N) is 1. The monoisotopic (exact) mass is 200 g/mol. The van der Waals surface area contributed by atoms with Gasteiger partial charge in [-0.2, -0.15) is 0 Å². The van der Waals surface area contributed by atoms with Gasteiger partial charge in [0.25, 0.3) is 0 Å². The number of hydrogen-bond acceptors (Lipinski definition) is 5. The molecule has 0 aromatic carbocycles. The maximum absolute atomic E-state index is 11.2. The summed E-state index contributed by atoms with van der Waals surface area (Å²) in [5, 5.41) is 2.77. The molecular formula is C8H12N2O2S. The number of aromatic nitrogens is 1. The highest BCUT2D eigenvalue weighted by Crippen LogP contribution is 2.18. The largest absolute Gasteiger partial charge is 0.468 e. The molecule has 0 aliphatic rings. The number of hydrogen-bond donors (Lipinski definition) is 1. The van der Waals surface area contributed by atoms with Gasteiger partial charge < -0.3 is 10.5 Å². The van der Waals surface area contributed by atoms with Crippen LogP contribution >= 0.6 is 11.3 Å². The molecule has 1 aromatic heterocycles. The number of methoxy groups -OCH3 is 1. The summed E-state index contributed by atoms with van der Waals surface area (Å²) in [6.45, 7) is 2.12. The molecule has 4 nitrogen and oxygen atoms in total. The van der Waals surface area contributed by atoms with Crippen molar-refractivity contribution in [1.82, 2.24) is 4.98 Å². The van der Waals surface area contributed by atoms with Gasteiger partial charge in [-0.15, -0.1) is 11.3 Å². The predicted octanol–water partition coefficient (Wildman–Crippen LogP) is 0.667. The zero-order valence-corrected chi connectivity index (χ0v) is 8.43. The van der Waals surface area contributed by atoms with Crippen LogP contribution in [0.3, 0.4) is 0 Å². The van der Waals surface area contributed by atoms with Crippen molar-refractivity contribution in [3.05, 3.63) is 16.1 Å². The van der Waals surface area contributed by atoms with Crippen LogP contribution in [0.4, 0.5) is 0 Å². The number of nitrogens with zero attached hydrogens (tertiary/aromatic N) is 1. The van der Waals surface area contributed by atoms with Crippen molar-refractivity contribution in [2.75, 3.05) is 13.7 Å². The number of carbonyl (C=O) groups is 1. The Morgan fingerprint density at radius 2 is 2.54 bits per heavy atom. The minimum atomic E-state index is -0.421. The van der Waals surface area contributed by atoms with E-state index in [9.17, 15) is 4.79 Å².